The number of amides is 2. The molecule has 0 atom stereocenters. The van der Waals surface area contributed by atoms with Crippen molar-refractivity contribution in [3.63, 3.8) is 0 Å². The molecule has 35 heavy (non-hydrogen) atoms. The summed E-state index contributed by atoms with van der Waals surface area (Å²) in [6.07, 6.45) is 2.67. The van der Waals surface area contributed by atoms with Gasteiger partial charge in [-0.05, 0) is 54.6 Å². The van der Waals surface area contributed by atoms with Crippen molar-refractivity contribution in [3.8, 4) is 5.69 Å². The molecule has 4 rings (SSSR count). The van der Waals surface area contributed by atoms with Crippen LogP contribution in [0.15, 0.2) is 96.3 Å². The van der Waals surface area contributed by atoms with E-state index in [9.17, 15) is 22.4 Å². The number of nitrogens with one attached hydrogen (secondary N) is 2. The minimum Gasteiger partial charge on any atom is -0.295 e. The topological polar surface area (TPSA) is 113 Å². The highest BCUT2D eigenvalue weighted by molar-refractivity contribution is 7.92. The van der Waals surface area contributed by atoms with Gasteiger partial charge in [0.25, 0.3) is 21.8 Å². The molecule has 0 aliphatic heterocycles. The average molecular weight is 494 g/mol. The summed E-state index contributed by atoms with van der Waals surface area (Å²) < 4.78 is 41.8. The summed E-state index contributed by atoms with van der Waals surface area (Å²) in [5.74, 6) is -1.82. The number of carbonyl (C=O) groups excluding carboxylic acids is 2. The molecule has 0 aliphatic rings. The van der Waals surface area contributed by atoms with E-state index >= 15 is 0 Å². The number of anilines is 1. The number of sulfonamides is 1. The van der Waals surface area contributed by atoms with Crippen LogP contribution in [-0.2, 0) is 10.0 Å². The van der Waals surface area contributed by atoms with E-state index in [1.165, 1.54) is 72.7 Å². The maximum absolute atomic E-state index is 13.2. The van der Waals surface area contributed by atoms with Crippen molar-refractivity contribution in [2.24, 2.45) is 0 Å². The van der Waals surface area contributed by atoms with Gasteiger partial charge in [-0.25, -0.2) is 17.8 Å². The van der Waals surface area contributed by atoms with Crippen molar-refractivity contribution < 1.29 is 22.4 Å². The minimum absolute atomic E-state index is 0.0277. The number of imidazole rings is 1. The number of hydrogen-bond donors (Lipinski definition) is 2. The molecule has 11 heteroatoms. The molecule has 0 radical (unpaired) electrons. The van der Waals surface area contributed by atoms with Crippen LogP contribution in [-0.4, -0.2) is 36.8 Å². The lowest BCUT2D eigenvalue weighted by molar-refractivity contribution is 0.0842. The van der Waals surface area contributed by atoms with Gasteiger partial charge in [0.05, 0.1) is 23.1 Å². The lowest BCUT2D eigenvalue weighted by Gasteiger charge is -2.19. The molecule has 4 aromatic rings. The summed E-state index contributed by atoms with van der Waals surface area (Å²) in [5.41, 5.74) is 5.63. The average Bonchev–Trinajstić information content (AvgIpc) is 3.38. The number of hydrogen-bond acceptors (Lipinski definition) is 5. The van der Waals surface area contributed by atoms with Crippen molar-refractivity contribution in [1.82, 2.24) is 20.4 Å². The maximum atomic E-state index is 13.2. The first-order valence-electron chi connectivity index (χ1n) is 10.3. The third-order valence-corrected chi connectivity index (χ3v) is 6.92. The molecule has 0 fully saturated rings. The SMILES string of the molecule is CN(c1ccccc1)S(=O)(=O)c1cccc(C(=O)NNC(=O)c2cncn2-c2ccc(F)cc2)c1. The van der Waals surface area contributed by atoms with E-state index in [0.717, 1.165) is 4.31 Å². The van der Waals surface area contributed by atoms with Gasteiger partial charge >= 0.3 is 0 Å². The molecule has 0 saturated carbocycles. The first-order valence-corrected chi connectivity index (χ1v) is 11.7. The fourth-order valence-corrected chi connectivity index (χ4v) is 4.49. The van der Waals surface area contributed by atoms with Gasteiger partial charge < -0.3 is 0 Å². The Hall–Kier alpha value is -4.51. The lowest BCUT2D eigenvalue weighted by atomic mass is 10.2. The molecule has 0 bridgehead atoms. The minimum atomic E-state index is -3.93. The summed E-state index contributed by atoms with van der Waals surface area (Å²) in [7, 11) is -2.51. The van der Waals surface area contributed by atoms with Crippen LogP contribution < -0.4 is 15.2 Å². The highest BCUT2D eigenvalue weighted by Gasteiger charge is 2.22. The zero-order valence-corrected chi connectivity index (χ0v) is 19.2. The Morgan fingerprint density at radius 3 is 2.31 bits per heavy atom. The van der Waals surface area contributed by atoms with E-state index in [2.05, 4.69) is 15.8 Å². The molecule has 0 saturated heterocycles. The second-order valence-electron chi connectivity index (χ2n) is 7.37. The van der Waals surface area contributed by atoms with Gasteiger partial charge in [-0.2, -0.15) is 0 Å². The maximum Gasteiger partial charge on any atom is 0.288 e. The van der Waals surface area contributed by atoms with E-state index in [1.807, 2.05) is 0 Å². The van der Waals surface area contributed by atoms with Gasteiger partial charge in [0.2, 0.25) is 0 Å². The number of hydrazine groups is 1. The Morgan fingerprint density at radius 2 is 1.60 bits per heavy atom. The van der Waals surface area contributed by atoms with Crippen LogP contribution in [0.5, 0.6) is 0 Å². The zero-order valence-electron chi connectivity index (χ0n) is 18.4. The predicted octanol–water partition coefficient (Wildman–Crippen LogP) is 2.91. The highest BCUT2D eigenvalue weighted by atomic mass is 32.2. The molecule has 1 heterocycles. The van der Waals surface area contributed by atoms with Crippen LogP contribution in [0.1, 0.15) is 20.8 Å². The summed E-state index contributed by atoms with van der Waals surface area (Å²) in [5, 5.41) is 0. The zero-order chi connectivity index (χ0) is 25.0. The lowest BCUT2D eigenvalue weighted by Crippen LogP contribution is -2.42. The number of halogens is 1. The Morgan fingerprint density at radius 1 is 0.914 bits per heavy atom. The number of aromatic nitrogens is 2. The van der Waals surface area contributed by atoms with Gasteiger partial charge in [0.15, 0.2) is 0 Å². The molecular formula is C24H20FN5O4S. The smallest absolute Gasteiger partial charge is 0.288 e. The van der Waals surface area contributed by atoms with E-state index in [4.69, 9.17) is 0 Å². The van der Waals surface area contributed by atoms with E-state index in [0.29, 0.717) is 11.4 Å². The molecule has 9 nitrogen and oxygen atoms in total. The molecule has 3 aromatic carbocycles. The molecule has 178 valence electrons. The van der Waals surface area contributed by atoms with Gasteiger partial charge in [0, 0.05) is 18.3 Å². The van der Waals surface area contributed by atoms with Gasteiger partial charge in [-0.15, -0.1) is 0 Å². The number of rotatable bonds is 6. The second-order valence-corrected chi connectivity index (χ2v) is 9.34. The van der Waals surface area contributed by atoms with Gasteiger partial charge in [-0.3, -0.25) is 29.3 Å². The Bertz CT molecular complexity index is 1470. The molecule has 0 spiro atoms. The van der Waals surface area contributed by atoms with E-state index in [1.54, 1.807) is 30.3 Å². The van der Waals surface area contributed by atoms with Gasteiger partial charge in [0.1, 0.15) is 11.5 Å². The fraction of sp³-hybridized carbons (Fsp3) is 0.0417. The molecule has 0 aliphatic carbocycles. The Kier molecular flexibility index (Phi) is 6.60. The molecular weight excluding hydrogens is 473 g/mol. The number of para-hydroxylation sites is 1. The first kappa shape index (κ1) is 23.6. The quantitative estimate of drug-likeness (QED) is 0.401. The standard InChI is InChI=1S/C24H20FN5O4S/c1-29(19-7-3-2-4-8-19)35(33,34)21-9-5-6-17(14-21)23(31)27-28-24(32)22-15-26-16-30(22)20-12-10-18(25)11-13-20/h2-16H,1H3,(H,27,31)(H,28,32). The fourth-order valence-electron chi connectivity index (χ4n) is 3.25. The van der Waals surface area contributed by atoms with Crippen LogP contribution in [0, 0.1) is 5.82 Å². The van der Waals surface area contributed by atoms with Crippen molar-refractivity contribution >= 4 is 27.5 Å². The van der Waals surface area contributed by atoms with Crippen molar-refractivity contribution in [2.45, 2.75) is 4.90 Å². The number of carbonyl (C=O) groups is 2. The largest absolute Gasteiger partial charge is 0.295 e. The summed E-state index contributed by atoms with van der Waals surface area (Å²) in [4.78, 5) is 29.1. The Labute approximate surface area is 200 Å². The predicted molar refractivity (Wildman–Crippen MR) is 127 cm³/mol. The van der Waals surface area contributed by atoms with E-state index < -0.39 is 27.7 Å². The summed E-state index contributed by atoms with van der Waals surface area (Å²) in [6.45, 7) is 0. The third-order valence-electron chi connectivity index (χ3n) is 5.14. The number of nitrogens with zero attached hydrogens (tertiary/aromatic N) is 3. The van der Waals surface area contributed by atoms with Gasteiger partial charge in [-0.1, -0.05) is 24.3 Å². The molecule has 1 aromatic heterocycles. The summed E-state index contributed by atoms with van der Waals surface area (Å²) in [6, 6.07) is 19.4. The third kappa shape index (κ3) is 5.04. The summed E-state index contributed by atoms with van der Waals surface area (Å²) >= 11 is 0. The van der Waals surface area contributed by atoms with Crippen LogP contribution in [0.3, 0.4) is 0 Å². The van der Waals surface area contributed by atoms with E-state index in [-0.39, 0.29) is 16.2 Å². The first-order chi connectivity index (χ1) is 16.8. The molecule has 2 N–H and O–H groups in total. The number of benzene rings is 3. The second kappa shape index (κ2) is 9.77. The molecule has 2 amide bonds. The van der Waals surface area contributed by atoms with Crippen LogP contribution in [0.25, 0.3) is 5.69 Å². The Balaban J connectivity index is 1.47. The van der Waals surface area contributed by atoms with Crippen molar-refractivity contribution in [2.75, 3.05) is 11.4 Å². The van der Waals surface area contributed by atoms with Crippen molar-refractivity contribution in [3.05, 3.63) is 108 Å². The van der Waals surface area contributed by atoms with Crippen LogP contribution in [0.4, 0.5) is 10.1 Å². The highest BCUT2D eigenvalue weighted by Crippen LogP contribution is 2.22. The van der Waals surface area contributed by atoms with Crippen LogP contribution in [0.2, 0.25) is 0 Å². The van der Waals surface area contributed by atoms with Crippen LogP contribution >= 0.6 is 0 Å². The normalized spacial score (nSPS) is 11.0. The molecule has 0 unspecified atom stereocenters. The monoisotopic (exact) mass is 493 g/mol. The van der Waals surface area contributed by atoms with Crippen molar-refractivity contribution in [1.29, 1.82) is 0 Å².